The minimum Gasteiger partial charge on any atom is -0.495 e. The largest absolute Gasteiger partial charge is 0.495 e. The summed E-state index contributed by atoms with van der Waals surface area (Å²) in [7, 11) is 3.38. The van der Waals surface area contributed by atoms with E-state index in [2.05, 4.69) is 20.5 Å². The summed E-state index contributed by atoms with van der Waals surface area (Å²) in [6, 6.07) is 8.79. The van der Waals surface area contributed by atoms with Gasteiger partial charge in [-0.2, -0.15) is 0 Å². The number of rotatable bonds is 6. The summed E-state index contributed by atoms with van der Waals surface area (Å²) in [5, 5.41) is 12.3. The van der Waals surface area contributed by atoms with E-state index in [9.17, 15) is 4.79 Å². The van der Waals surface area contributed by atoms with Gasteiger partial charge in [0.1, 0.15) is 5.75 Å². The lowest BCUT2D eigenvalue weighted by Crippen LogP contribution is -2.15. The van der Waals surface area contributed by atoms with Crippen LogP contribution in [0, 0.1) is 0 Å². The van der Waals surface area contributed by atoms with Crippen molar-refractivity contribution in [3.05, 3.63) is 47.7 Å². The highest BCUT2D eigenvalue weighted by Gasteiger charge is 2.14. The number of benzene rings is 1. The van der Waals surface area contributed by atoms with Crippen LogP contribution in [0.1, 0.15) is 0 Å². The minimum atomic E-state index is -0.193. The number of carbonyl (C=O) groups excluding carboxylic acids is 1. The maximum Gasteiger partial charge on any atom is 0.234 e. The summed E-state index contributed by atoms with van der Waals surface area (Å²) in [4.78, 5) is 16.3. The number of hydrogen-bond acceptors (Lipinski definition) is 6. The van der Waals surface area contributed by atoms with Crippen LogP contribution in [0.2, 0.25) is 5.02 Å². The molecule has 2 aromatic heterocycles. The van der Waals surface area contributed by atoms with Crippen LogP contribution in [-0.2, 0) is 11.8 Å². The second kappa shape index (κ2) is 8.20. The van der Waals surface area contributed by atoms with Crippen molar-refractivity contribution in [2.75, 3.05) is 18.2 Å². The molecule has 0 aliphatic carbocycles. The van der Waals surface area contributed by atoms with Gasteiger partial charge in [0.15, 0.2) is 11.0 Å². The molecule has 0 aliphatic heterocycles. The second-order valence-electron chi connectivity index (χ2n) is 5.29. The Morgan fingerprint density at radius 2 is 2.19 bits per heavy atom. The standard InChI is InChI=1S/C17H16ClN5O2S/c1-23-16(11-4-3-7-19-9-11)21-22-17(23)26-10-15(24)20-13-8-12(18)5-6-14(13)25-2/h3-9H,10H2,1-2H3,(H,20,24). The first-order valence-electron chi connectivity index (χ1n) is 7.64. The van der Waals surface area contributed by atoms with E-state index in [0.29, 0.717) is 27.4 Å². The van der Waals surface area contributed by atoms with Crippen molar-refractivity contribution in [1.29, 1.82) is 0 Å². The molecule has 1 amide bonds. The van der Waals surface area contributed by atoms with Gasteiger partial charge in [0.25, 0.3) is 0 Å². The number of hydrogen-bond donors (Lipinski definition) is 1. The van der Waals surface area contributed by atoms with E-state index in [1.54, 1.807) is 30.6 Å². The van der Waals surface area contributed by atoms with E-state index in [1.165, 1.54) is 18.9 Å². The first kappa shape index (κ1) is 18.2. The molecule has 0 saturated heterocycles. The number of nitrogens with zero attached hydrogens (tertiary/aromatic N) is 4. The molecule has 134 valence electrons. The van der Waals surface area contributed by atoms with Crippen molar-refractivity contribution < 1.29 is 9.53 Å². The molecule has 9 heteroatoms. The van der Waals surface area contributed by atoms with Crippen LogP contribution in [0.5, 0.6) is 5.75 Å². The zero-order valence-corrected chi connectivity index (χ0v) is 15.7. The summed E-state index contributed by atoms with van der Waals surface area (Å²) in [6.07, 6.45) is 3.42. The van der Waals surface area contributed by atoms with Gasteiger partial charge in [0.2, 0.25) is 5.91 Å². The monoisotopic (exact) mass is 389 g/mol. The van der Waals surface area contributed by atoms with Crippen molar-refractivity contribution >= 4 is 35.0 Å². The zero-order valence-electron chi connectivity index (χ0n) is 14.1. The fraction of sp³-hybridized carbons (Fsp3) is 0.176. The Hall–Kier alpha value is -2.58. The normalized spacial score (nSPS) is 10.6. The number of halogens is 1. The van der Waals surface area contributed by atoms with Crippen molar-refractivity contribution in [3.8, 4) is 17.1 Å². The molecule has 0 fully saturated rings. The average molecular weight is 390 g/mol. The molecule has 26 heavy (non-hydrogen) atoms. The molecule has 3 aromatic rings. The maximum atomic E-state index is 12.3. The van der Waals surface area contributed by atoms with Crippen molar-refractivity contribution in [2.24, 2.45) is 7.05 Å². The number of pyridine rings is 1. The Balaban J connectivity index is 1.66. The van der Waals surface area contributed by atoms with E-state index in [1.807, 2.05) is 23.7 Å². The summed E-state index contributed by atoms with van der Waals surface area (Å²) in [5.74, 6) is 1.22. The quantitative estimate of drug-likeness (QED) is 0.651. The van der Waals surface area contributed by atoms with Gasteiger partial charge in [-0.3, -0.25) is 9.78 Å². The van der Waals surface area contributed by atoms with Crippen molar-refractivity contribution in [3.63, 3.8) is 0 Å². The van der Waals surface area contributed by atoms with Crippen LogP contribution >= 0.6 is 23.4 Å². The van der Waals surface area contributed by atoms with Crippen molar-refractivity contribution in [1.82, 2.24) is 19.7 Å². The number of aromatic nitrogens is 4. The van der Waals surface area contributed by atoms with E-state index >= 15 is 0 Å². The topological polar surface area (TPSA) is 81.9 Å². The Labute approximate surface area is 159 Å². The highest BCUT2D eigenvalue weighted by atomic mass is 35.5. The number of nitrogens with one attached hydrogen (secondary N) is 1. The first-order chi connectivity index (χ1) is 12.6. The number of methoxy groups -OCH3 is 1. The van der Waals surface area contributed by atoms with E-state index < -0.39 is 0 Å². The fourth-order valence-corrected chi connectivity index (χ4v) is 3.16. The summed E-state index contributed by atoms with van der Waals surface area (Å²) < 4.78 is 7.05. The second-order valence-corrected chi connectivity index (χ2v) is 6.67. The van der Waals surface area contributed by atoms with Gasteiger partial charge in [0, 0.05) is 30.0 Å². The van der Waals surface area contributed by atoms with Gasteiger partial charge in [-0.15, -0.1) is 10.2 Å². The van der Waals surface area contributed by atoms with Gasteiger partial charge in [-0.1, -0.05) is 23.4 Å². The zero-order chi connectivity index (χ0) is 18.5. The Bertz CT molecular complexity index is 917. The molecule has 0 saturated carbocycles. The van der Waals surface area contributed by atoms with Gasteiger partial charge in [0.05, 0.1) is 18.6 Å². The van der Waals surface area contributed by atoms with Crippen LogP contribution in [0.4, 0.5) is 5.69 Å². The lowest BCUT2D eigenvalue weighted by Gasteiger charge is -2.10. The summed E-state index contributed by atoms with van der Waals surface area (Å²) in [6.45, 7) is 0. The smallest absolute Gasteiger partial charge is 0.234 e. The molecule has 3 rings (SSSR count). The van der Waals surface area contributed by atoms with E-state index in [-0.39, 0.29) is 11.7 Å². The minimum absolute atomic E-state index is 0.175. The summed E-state index contributed by atoms with van der Waals surface area (Å²) >= 11 is 7.26. The van der Waals surface area contributed by atoms with Crippen LogP contribution in [-0.4, -0.2) is 38.5 Å². The van der Waals surface area contributed by atoms with E-state index in [0.717, 1.165) is 5.56 Å². The van der Waals surface area contributed by atoms with Gasteiger partial charge in [-0.25, -0.2) is 0 Å². The van der Waals surface area contributed by atoms with Gasteiger partial charge in [-0.05, 0) is 30.3 Å². The molecule has 0 spiro atoms. The van der Waals surface area contributed by atoms with Crippen molar-refractivity contribution in [2.45, 2.75) is 5.16 Å². The fourth-order valence-electron chi connectivity index (χ4n) is 2.28. The van der Waals surface area contributed by atoms with Crippen LogP contribution in [0.15, 0.2) is 47.9 Å². The average Bonchev–Trinajstić information content (AvgIpc) is 3.01. The molecule has 2 heterocycles. The predicted octanol–water partition coefficient (Wildman–Crippen LogP) is 3.27. The SMILES string of the molecule is COc1ccc(Cl)cc1NC(=O)CSc1nnc(-c2cccnc2)n1C. The van der Waals surface area contributed by atoms with Crippen LogP contribution in [0.25, 0.3) is 11.4 Å². The molecule has 0 radical (unpaired) electrons. The molecule has 0 atom stereocenters. The Morgan fingerprint density at radius 3 is 2.92 bits per heavy atom. The number of ether oxygens (including phenoxy) is 1. The lowest BCUT2D eigenvalue weighted by molar-refractivity contribution is -0.113. The molecule has 7 nitrogen and oxygen atoms in total. The number of carbonyl (C=O) groups is 1. The Morgan fingerprint density at radius 1 is 1.35 bits per heavy atom. The number of amides is 1. The van der Waals surface area contributed by atoms with Gasteiger partial charge >= 0.3 is 0 Å². The molecule has 0 bridgehead atoms. The third-order valence-corrected chi connectivity index (χ3v) is 4.78. The highest BCUT2D eigenvalue weighted by molar-refractivity contribution is 7.99. The lowest BCUT2D eigenvalue weighted by atomic mass is 10.3. The predicted molar refractivity (Wildman–Crippen MR) is 102 cm³/mol. The Kier molecular flexibility index (Phi) is 5.75. The number of thioether (sulfide) groups is 1. The third kappa shape index (κ3) is 4.14. The van der Waals surface area contributed by atoms with Crippen LogP contribution in [0.3, 0.4) is 0 Å². The third-order valence-electron chi connectivity index (χ3n) is 3.52. The first-order valence-corrected chi connectivity index (χ1v) is 9.01. The van der Waals surface area contributed by atoms with Gasteiger partial charge < -0.3 is 14.6 Å². The van der Waals surface area contributed by atoms with Crippen LogP contribution < -0.4 is 10.1 Å². The molecular weight excluding hydrogens is 374 g/mol. The highest BCUT2D eigenvalue weighted by Crippen LogP contribution is 2.28. The number of anilines is 1. The molecular formula is C17H16ClN5O2S. The molecule has 0 unspecified atom stereocenters. The maximum absolute atomic E-state index is 12.3. The van der Waals surface area contributed by atoms with E-state index in [4.69, 9.17) is 16.3 Å². The molecule has 1 aromatic carbocycles. The molecule has 1 N–H and O–H groups in total. The summed E-state index contributed by atoms with van der Waals surface area (Å²) in [5.41, 5.74) is 1.39. The molecule has 0 aliphatic rings.